The fourth-order valence-corrected chi connectivity index (χ4v) is 3.92. The van der Waals surface area contributed by atoms with Gasteiger partial charge < -0.3 is 14.8 Å². The van der Waals surface area contributed by atoms with E-state index in [2.05, 4.69) is 21.2 Å². The van der Waals surface area contributed by atoms with Crippen molar-refractivity contribution in [2.45, 2.75) is 20.5 Å². The topological polar surface area (TPSA) is 71.3 Å². The smallest absolute Gasteiger partial charge is 0.266 e. The predicted molar refractivity (Wildman–Crippen MR) is 140 cm³/mol. The zero-order chi connectivity index (χ0) is 24.7. The average Bonchev–Trinajstić information content (AvgIpc) is 2.80. The summed E-state index contributed by atoms with van der Waals surface area (Å²) in [5.41, 5.74) is 2.73. The lowest BCUT2D eigenvalue weighted by atomic mass is 10.1. The summed E-state index contributed by atoms with van der Waals surface area (Å²) in [4.78, 5) is 12.7. The standard InChI is InChI=1S/C26H21BrCl2N2O3/c1-3-33-24-12-17(11-22(29)25(24)34-15-18-6-4-5-7-21(18)27)10-19(14-30)26(32)31-23-13-20(28)9-8-16(23)2/h4-13H,3,15H2,1-2H3,(H,31,32)/b19-10+. The second-order valence-corrected chi connectivity index (χ2v) is 8.92. The lowest BCUT2D eigenvalue weighted by Gasteiger charge is -2.15. The highest BCUT2D eigenvalue weighted by Gasteiger charge is 2.16. The summed E-state index contributed by atoms with van der Waals surface area (Å²) >= 11 is 16.0. The SMILES string of the molecule is CCOc1cc(/C=C(\C#N)C(=O)Nc2cc(Cl)ccc2C)cc(Cl)c1OCc1ccccc1Br. The predicted octanol–water partition coefficient (Wildman–Crippen LogP) is 7.59. The molecule has 0 heterocycles. The largest absolute Gasteiger partial charge is 0.490 e. The Morgan fingerprint density at radius 2 is 1.91 bits per heavy atom. The van der Waals surface area contributed by atoms with Gasteiger partial charge in [-0.3, -0.25) is 4.79 Å². The highest BCUT2D eigenvalue weighted by atomic mass is 79.9. The minimum absolute atomic E-state index is 0.0974. The van der Waals surface area contributed by atoms with E-state index in [0.717, 1.165) is 15.6 Å². The van der Waals surface area contributed by atoms with E-state index in [1.54, 1.807) is 30.3 Å². The Morgan fingerprint density at radius 1 is 1.15 bits per heavy atom. The van der Waals surface area contributed by atoms with Gasteiger partial charge in [-0.15, -0.1) is 0 Å². The number of amides is 1. The average molecular weight is 560 g/mol. The molecule has 0 aliphatic carbocycles. The number of hydrogen-bond acceptors (Lipinski definition) is 4. The number of rotatable bonds is 8. The molecule has 0 aliphatic rings. The zero-order valence-electron chi connectivity index (χ0n) is 18.5. The second kappa shape index (κ2) is 11.9. The maximum atomic E-state index is 12.7. The van der Waals surface area contributed by atoms with E-state index < -0.39 is 5.91 Å². The molecule has 0 atom stereocenters. The highest BCUT2D eigenvalue weighted by molar-refractivity contribution is 9.10. The molecule has 0 radical (unpaired) electrons. The van der Waals surface area contributed by atoms with Gasteiger partial charge in [0.1, 0.15) is 18.2 Å². The summed E-state index contributed by atoms with van der Waals surface area (Å²) in [6.45, 7) is 4.34. The van der Waals surface area contributed by atoms with Gasteiger partial charge in [-0.2, -0.15) is 5.26 Å². The number of ether oxygens (including phenoxy) is 2. The van der Waals surface area contributed by atoms with Crippen LogP contribution >= 0.6 is 39.1 Å². The molecule has 1 amide bonds. The van der Waals surface area contributed by atoms with Crippen LogP contribution in [0.15, 0.2) is 64.6 Å². The van der Waals surface area contributed by atoms with Crippen LogP contribution in [0.4, 0.5) is 5.69 Å². The number of nitrogens with zero attached hydrogens (tertiary/aromatic N) is 1. The van der Waals surface area contributed by atoms with E-state index in [1.807, 2.05) is 44.2 Å². The number of carbonyl (C=O) groups is 1. The first-order valence-electron chi connectivity index (χ1n) is 10.3. The fraction of sp³-hybridized carbons (Fsp3) is 0.154. The van der Waals surface area contributed by atoms with Gasteiger partial charge in [0.25, 0.3) is 5.91 Å². The molecule has 3 aromatic rings. The number of nitrogens with one attached hydrogen (secondary N) is 1. The molecule has 0 saturated carbocycles. The zero-order valence-corrected chi connectivity index (χ0v) is 21.6. The molecule has 1 N–H and O–H groups in total. The molecule has 0 saturated heterocycles. The van der Waals surface area contributed by atoms with Crippen LogP contribution in [-0.2, 0) is 11.4 Å². The van der Waals surface area contributed by atoms with Gasteiger partial charge in [0.2, 0.25) is 0 Å². The number of nitriles is 1. The number of aryl methyl sites for hydroxylation is 1. The Morgan fingerprint density at radius 3 is 2.62 bits per heavy atom. The van der Waals surface area contributed by atoms with Gasteiger partial charge in [0.05, 0.1) is 11.6 Å². The van der Waals surface area contributed by atoms with E-state index in [-0.39, 0.29) is 12.2 Å². The van der Waals surface area contributed by atoms with Crippen LogP contribution < -0.4 is 14.8 Å². The Hall–Kier alpha value is -2.98. The van der Waals surface area contributed by atoms with Crippen molar-refractivity contribution in [1.82, 2.24) is 0 Å². The van der Waals surface area contributed by atoms with Crippen LogP contribution in [0.3, 0.4) is 0 Å². The van der Waals surface area contributed by atoms with Crippen molar-refractivity contribution in [3.8, 4) is 17.6 Å². The van der Waals surface area contributed by atoms with Gasteiger partial charge in [0.15, 0.2) is 11.5 Å². The maximum absolute atomic E-state index is 12.7. The second-order valence-electron chi connectivity index (χ2n) is 7.23. The molecule has 3 aromatic carbocycles. The Bertz CT molecular complexity index is 1290. The number of hydrogen-bond donors (Lipinski definition) is 1. The van der Waals surface area contributed by atoms with Crippen LogP contribution in [0.5, 0.6) is 11.5 Å². The van der Waals surface area contributed by atoms with E-state index in [0.29, 0.717) is 39.4 Å². The first kappa shape index (κ1) is 25.6. The Labute approximate surface area is 217 Å². The van der Waals surface area contributed by atoms with Gasteiger partial charge in [-0.1, -0.05) is 63.4 Å². The molecule has 0 bridgehead atoms. The van der Waals surface area contributed by atoms with Crippen molar-refractivity contribution < 1.29 is 14.3 Å². The molecule has 0 aliphatic heterocycles. The minimum atomic E-state index is -0.559. The van der Waals surface area contributed by atoms with Crippen molar-refractivity contribution in [3.63, 3.8) is 0 Å². The van der Waals surface area contributed by atoms with E-state index in [1.165, 1.54) is 6.08 Å². The number of benzene rings is 3. The summed E-state index contributed by atoms with van der Waals surface area (Å²) in [6.07, 6.45) is 1.45. The maximum Gasteiger partial charge on any atom is 0.266 e. The third-order valence-electron chi connectivity index (χ3n) is 4.79. The molecule has 174 valence electrons. The van der Waals surface area contributed by atoms with Crippen molar-refractivity contribution in [1.29, 1.82) is 5.26 Å². The molecule has 0 spiro atoms. The molecule has 34 heavy (non-hydrogen) atoms. The van der Waals surface area contributed by atoms with Crippen molar-refractivity contribution >= 4 is 56.8 Å². The molecular weight excluding hydrogens is 539 g/mol. The van der Waals surface area contributed by atoms with Gasteiger partial charge in [-0.25, -0.2) is 0 Å². The summed E-state index contributed by atoms with van der Waals surface area (Å²) in [6, 6.07) is 18.1. The Balaban J connectivity index is 1.87. The van der Waals surface area contributed by atoms with Crippen LogP contribution in [0, 0.1) is 18.3 Å². The number of halogens is 3. The normalized spacial score (nSPS) is 11.0. The lowest BCUT2D eigenvalue weighted by Crippen LogP contribution is -2.14. The minimum Gasteiger partial charge on any atom is -0.490 e. The Kier molecular flexibility index (Phi) is 9.00. The van der Waals surface area contributed by atoms with Crippen molar-refractivity contribution in [2.24, 2.45) is 0 Å². The summed E-state index contributed by atoms with van der Waals surface area (Å²) < 4.78 is 12.6. The number of carbonyl (C=O) groups excluding carboxylic acids is 1. The highest BCUT2D eigenvalue weighted by Crippen LogP contribution is 2.38. The molecule has 0 unspecified atom stereocenters. The third-order valence-corrected chi connectivity index (χ3v) is 6.07. The summed E-state index contributed by atoms with van der Waals surface area (Å²) in [7, 11) is 0. The monoisotopic (exact) mass is 558 g/mol. The first-order chi connectivity index (χ1) is 16.3. The molecule has 0 aromatic heterocycles. The van der Waals surface area contributed by atoms with Crippen LogP contribution in [0.25, 0.3) is 6.08 Å². The molecular formula is C26H21BrCl2N2O3. The van der Waals surface area contributed by atoms with Gasteiger partial charge in [-0.05, 0) is 61.4 Å². The molecule has 5 nitrogen and oxygen atoms in total. The molecule has 3 rings (SSSR count). The third kappa shape index (κ3) is 6.54. The summed E-state index contributed by atoms with van der Waals surface area (Å²) in [5, 5.41) is 13.1. The summed E-state index contributed by atoms with van der Waals surface area (Å²) in [5.74, 6) is 0.238. The molecule has 8 heteroatoms. The van der Waals surface area contributed by atoms with E-state index in [4.69, 9.17) is 32.7 Å². The lowest BCUT2D eigenvalue weighted by molar-refractivity contribution is -0.112. The van der Waals surface area contributed by atoms with Crippen LogP contribution in [0.1, 0.15) is 23.6 Å². The van der Waals surface area contributed by atoms with Crippen LogP contribution in [-0.4, -0.2) is 12.5 Å². The van der Waals surface area contributed by atoms with Gasteiger partial charge in [0, 0.05) is 20.7 Å². The van der Waals surface area contributed by atoms with Gasteiger partial charge >= 0.3 is 0 Å². The number of anilines is 1. The van der Waals surface area contributed by atoms with Crippen LogP contribution in [0.2, 0.25) is 10.0 Å². The fourth-order valence-electron chi connectivity index (χ4n) is 3.07. The first-order valence-corrected chi connectivity index (χ1v) is 11.9. The van der Waals surface area contributed by atoms with E-state index >= 15 is 0 Å². The van der Waals surface area contributed by atoms with Crippen molar-refractivity contribution in [2.75, 3.05) is 11.9 Å². The quantitative estimate of drug-likeness (QED) is 0.228. The molecule has 0 fully saturated rings. The van der Waals surface area contributed by atoms with Crippen molar-refractivity contribution in [3.05, 3.63) is 91.4 Å². The van der Waals surface area contributed by atoms with E-state index in [9.17, 15) is 10.1 Å².